The molecule has 2 aromatic carbocycles. The van der Waals surface area contributed by atoms with Gasteiger partial charge in [-0.3, -0.25) is 9.69 Å². The van der Waals surface area contributed by atoms with Crippen LogP contribution in [-0.4, -0.2) is 44.9 Å². The normalized spacial score (nSPS) is 18.0. The average molecular weight is 546 g/mol. The molecular formula is C28H22F3N7O2. The Balaban J connectivity index is 1.49. The summed E-state index contributed by atoms with van der Waals surface area (Å²) in [5.41, 5.74) is 1.35. The van der Waals surface area contributed by atoms with Gasteiger partial charge in [-0.15, -0.1) is 10.2 Å². The zero-order valence-electron chi connectivity index (χ0n) is 21.4. The summed E-state index contributed by atoms with van der Waals surface area (Å²) in [6.45, 7) is -0.280. The zero-order chi connectivity index (χ0) is 28.2. The number of alkyl halides is 3. The highest BCUT2D eigenvalue weighted by atomic mass is 19.4. The highest BCUT2D eigenvalue weighted by Crippen LogP contribution is 2.41. The Morgan fingerprint density at radius 1 is 1.12 bits per heavy atom. The summed E-state index contributed by atoms with van der Waals surface area (Å²) in [6.07, 6.45) is -2.29. The molecule has 4 aromatic rings. The standard InChI is InChI=1S/C28H22F3N7O2/c1-37-14-33-36-26(37)17-7-6-15(12-32)8-19(17)16-9-24(34-22-11-23(22)40-2)35-25(10-16)38-13-20-18(27(38)39)4-3-5-21(20)28(29,30)31/h3-10,14,22-23H,11,13H2,1-2H3,(H,34,35). The van der Waals surface area contributed by atoms with Crippen molar-refractivity contribution in [1.82, 2.24) is 19.7 Å². The van der Waals surface area contributed by atoms with E-state index in [-0.39, 0.29) is 35.6 Å². The summed E-state index contributed by atoms with van der Waals surface area (Å²) in [7, 11) is 3.40. The third-order valence-corrected chi connectivity index (χ3v) is 7.14. The molecular weight excluding hydrogens is 523 g/mol. The van der Waals surface area contributed by atoms with Crippen LogP contribution in [0.2, 0.25) is 0 Å². The number of carbonyl (C=O) groups excluding carboxylic acids is 1. The van der Waals surface area contributed by atoms with Crippen molar-refractivity contribution in [3.8, 4) is 28.6 Å². The first-order valence-electron chi connectivity index (χ1n) is 12.4. The Morgan fingerprint density at radius 2 is 1.95 bits per heavy atom. The summed E-state index contributed by atoms with van der Waals surface area (Å²) < 4.78 is 48.4. The van der Waals surface area contributed by atoms with Crippen molar-refractivity contribution in [2.45, 2.75) is 31.3 Å². The number of aryl methyl sites for hydroxylation is 1. The molecule has 2 aromatic heterocycles. The van der Waals surface area contributed by atoms with Crippen LogP contribution in [0, 0.1) is 11.3 Å². The van der Waals surface area contributed by atoms with Crippen LogP contribution in [0.25, 0.3) is 22.5 Å². The number of nitrogens with zero attached hydrogens (tertiary/aromatic N) is 6. The Labute approximate surface area is 226 Å². The van der Waals surface area contributed by atoms with Crippen molar-refractivity contribution >= 4 is 17.5 Å². The highest BCUT2D eigenvalue weighted by Gasteiger charge is 2.41. The first-order chi connectivity index (χ1) is 19.2. The second-order valence-corrected chi connectivity index (χ2v) is 9.72. The van der Waals surface area contributed by atoms with Crippen molar-refractivity contribution in [2.24, 2.45) is 7.05 Å². The molecule has 0 radical (unpaired) electrons. The lowest BCUT2D eigenvalue weighted by atomic mass is 9.97. The molecule has 1 amide bonds. The topological polar surface area (TPSA) is 109 Å². The molecule has 1 fully saturated rings. The Morgan fingerprint density at radius 3 is 2.62 bits per heavy atom. The second kappa shape index (κ2) is 9.46. The minimum atomic E-state index is -4.60. The molecule has 0 bridgehead atoms. The smallest absolute Gasteiger partial charge is 0.379 e. The van der Waals surface area contributed by atoms with Crippen LogP contribution in [0.1, 0.15) is 33.5 Å². The number of rotatable bonds is 6. The van der Waals surface area contributed by atoms with Gasteiger partial charge in [0, 0.05) is 25.3 Å². The Bertz CT molecular complexity index is 1690. The molecule has 1 N–H and O–H groups in total. The number of halogens is 3. The maximum absolute atomic E-state index is 13.7. The maximum Gasteiger partial charge on any atom is 0.416 e. The monoisotopic (exact) mass is 545 g/mol. The van der Waals surface area contributed by atoms with Crippen LogP contribution in [-0.2, 0) is 24.5 Å². The van der Waals surface area contributed by atoms with Crippen LogP contribution in [0.15, 0.2) is 54.9 Å². The largest absolute Gasteiger partial charge is 0.416 e. The summed E-state index contributed by atoms with van der Waals surface area (Å²) in [5.74, 6) is 0.573. The lowest BCUT2D eigenvalue weighted by Crippen LogP contribution is -2.24. The van der Waals surface area contributed by atoms with E-state index in [4.69, 9.17) is 4.74 Å². The summed E-state index contributed by atoms with van der Waals surface area (Å²) in [6, 6.07) is 14.3. The van der Waals surface area contributed by atoms with Gasteiger partial charge in [0.15, 0.2) is 5.82 Å². The molecule has 202 valence electrons. The molecule has 2 aliphatic rings. The molecule has 1 saturated carbocycles. The van der Waals surface area contributed by atoms with Crippen molar-refractivity contribution in [3.63, 3.8) is 0 Å². The van der Waals surface area contributed by atoms with Crippen LogP contribution >= 0.6 is 0 Å². The molecule has 0 saturated heterocycles. The number of ether oxygens (including phenoxy) is 1. The summed E-state index contributed by atoms with van der Waals surface area (Å²) in [4.78, 5) is 19.2. The maximum atomic E-state index is 13.7. The molecule has 3 heterocycles. The number of pyridine rings is 1. The number of amides is 1. The van der Waals surface area contributed by atoms with E-state index in [0.29, 0.717) is 33.9 Å². The predicted molar refractivity (Wildman–Crippen MR) is 139 cm³/mol. The van der Waals surface area contributed by atoms with E-state index in [9.17, 15) is 23.2 Å². The number of fused-ring (bicyclic) bond motifs is 1. The number of nitrogens with one attached hydrogen (secondary N) is 1. The Hall–Kier alpha value is -4.76. The Kier molecular flexibility index (Phi) is 6.03. The quantitative estimate of drug-likeness (QED) is 0.371. The number of anilines is 2. The van der Waals surface area contributed by atoms with Crippen LogP contribution < -0.4 is 10.2 Å². The lowest BCUT2D eigenvalue weighted by molar-refractivity contribution is -0.138. The predicted octanol–water partition coefficient (Wildman–Crippen LogP) is 4.79. The van der Waals surface area contributed by atoms with Gasteiger partial charge in [-0.25, -0.2) is 4.98 Å². The van der Waals surface area contributed by atoms with Gasteiger partial charge in [0.2, 0.25) is 0 Å². The van der Waals surface area contributed by atoms with Gasteiger partial charge in [-0.1, -0.05) is 6.07 Å². The third kappa shape index (κ3) is 4.44. The molecule has 1 aliphatic heterocycles. The average Bonchev–Trinajstić information content (AvgIpc) is 3.41. The first-order valence-corrected chi connectivity index (χ1v) is 12.4. The lowest BCUT2D eigenvalue weighted by Gasteiger charge is -2.19. The zero-order valence-corrected chi connectivity index (χ0v) is 21.4. The number of nitriles is 1. The van der Waals surface area contributed by atoms with E-state index in [1.807, 2.05) is 0 Å². The fourth-order valence-electron chi connectivity index (χ4n) is 5.02. The molecule has 40 heavy (non-hydrogen) atoms. The minimum absolute atomic E-state index is 0.00274. The first kappa shape index (κ1) is 25.5. The van der Waals surface area contributed by atoms with Crippen LogP contribution in [0.3, 0.4) is 0 Å². The van der Waals surface area contributed by atoms with Gasteiger partial charge in [0.25, 0.3) is 5.91 Å². The van der Waals surface area contributed by atoms with E-state index < -0.39 is 17.6 Å². The van der Waals surface area contributed by atoms with Crippen LogP contribution in [0.4, 0.5) is 24.8 Å². The van der Waals surface area contributed by atoms with E-state index in [1.54, 1.807) is 55.4 Å². The third-order valence-electron chi connectivity index (χ3n) is 7.14. The highest BCUT2D eigenvalue weighted by molar-refractivity contribution is 6.10. The van der Waals surface area contributed by atoms with E-state index in [0.717, 1.165) is 12.5 Å². The van der Waals surface area contributed by atoms with Crippen molar-refractivity contribution in [1.29, 1.82) is 5.26 Å². The summed E-state index contributed by atoms with van der Waals surface area (Å²) in [5, 5.41) is 21.1. The SMILES string of the molecule is COC1CC1Nc1cc(-c2cc(C#N)ccc2-c2nncn2C)cc(N2Cc3c(cccc3C(F)(F)F)C2=O)n1. The van der Waals surface area contributed by atoms with Gasteiger partial charge >= 0.3 is 6.18 Å². The molecule has 6 rings (SSSR count). The molecule has 0 spiro atoms. The van der Waals surface area contributed by atoms with Crippen LogP contribution in [0.5, 0.6) is 0 Å². The second-order valence-electron chi connectivity index (χ2n) is 9.72. The van der Waals surface area contributed by atoms with E-state index >= 15 is 0 Å². The molecule has 1 aliphatic carbocycles. The van der Waals surface area contributed by atoms with Crippen molar-refractivity contribution in [2.75, 3.05) is 17.3 Å². The number of hydrogen-bond donors (Lipinski definition) is 1. The number of carbonyl (C=O) groups is 1. The molecule has 12 heteroatoms. The van der Waals surface area contributed by atoms with Gasteiger partial charge in [0.1, 0.15) is 18.0 Å². The van der Waals surface area contributed by atoms with E-state index in [1.165, 1.54) is 17.0 Å². The fraction of sp³-hybridized carbons (Fsp3) is 0.250. The molecule has 2 atom stereocenters. The number of hydrogen-bond acceptors (Lipinski definition) is 7. The van der Waals surface area contributed by atoms with Gasteiger partial charge in [0.05, 0.1) is 35.9 Å². The van der Waals surface area contributed by atoms with Crippen molar-refractivity contribution < 1.29 is 22.7 Å². The fourth-order valence-corrected chi connectivity index (χ4v) is 5.02. The molecule has 2 unspecified atom stereocenters. The van der Waals surface area contributed by atoms with Gasteiger partial charge in [-0.2, -0.15) is 18.4 Å². The number of methoxy groups -OCH3 is 1. The minimum Gasteiger partial charge on any atom is -0.379 e. The van der Waals surface area contributed by atoms with Gasteiger partial charge < -0.3 is 14.6 Å². The van der Waals surface area contributed by atoms with E-state index in [2.05, 4.69) is 26.6 Å². The number of aromatic nitrogens is 4. The van der Waals surface area contributed by atoms with Crippen molar-refractivity contribution in [3.05, 3.63) is 77.1 Å². The molecule has 9 nitrogen and oxygen atoms in total. The summed E-state index contributed by atoms with van der Waals surface area (Å²) >= 11 is 0. The number of benzene rings is 2. The van der Waals surface area contributed by atoms with Gasteiger partial charge in [-0.05, 0) is 65.6 Å².